The van der Waals surface area contributed by atoms with Gasteiger partial charge in [-0.3, -0.25) is 4.79 Å². The first-order valence-electron chi connectivity index (χ1n) is 6.05. The summed E-state index contributed by atoms with van der Waals surface area (Å²) in [4.78, 5) is 11.5. The van der Waals surface area contributed by atoms with Crippen LogP contribution in [0.4, 0.5) is 0 Å². The third kappa shape index (κ3) is 2.80. The van der Waals surface area contributed by atoms with Gasteiger partial charge in [0.1, 0.15) is 5.75 Å². The summed E-state index contributed by atoms with van der Waals surface area (Å²) in [5.74, 6) is 0.859. The van der Waals surface area contributed by atoms with Crippen molar-refractivity contribution in [2.45, 2.75) is 19.9 Å². The van der Waals surface area contributed by atoms with Gasteiger partial charge < -0.3 is 9.30 Å². The minimum Gasteiger partial charge on any atom is -0.497 e. The van der Waals surface area contributed by atoms with E-state index in [0.717, 1.165) is 17.7 Å². The summed E-state index contributed by atoms with van der Waals surface area (Å²) < 4.78 is 6.85. The molecule has 3 nitrogen and oxygen atoms in total. The molecule has 0 aliphatic rings. The van der Waals surface area contributed by atoms with E-state index in [9.17, 15) is 4.79 Å². The highest BCUT2D eigenvalue weighted by Gasteiger charge is 2.00. The Balaban J connectivity index is 2.20. The van der Waals surface area contributed by atoms with E-state index >= 15 is 0 Å². The molecule has 1 aromatic carbocycles. The molecule has 0 fully saturated rings. The standard InChI is InChI=1S/C15H17NO2/c1-3-16-11-13(6-9-15(16)17)10-12-4-7-14(18-2)8-5-12/h4-9,11H,3,10H2,1-2H3. The van der Waals surface area contributed by atoms with Crippen LogP contribution in [0.3, 0.4) is 0 Å². The molecule has 3 heteroatoms. The van der Waals surface area contributed by atoms with Gasteiger partial charge in [0.15, 0.2) is 0 Å². The molecular formula is C15H17NO2. The molecule has 18 heavy (non-hydrogen) atoms. The van der Waals surface area contributed by atoms with E-state index in [1.54, 1.807) is 17.7 Å². The zero-order chi connectivity index (χ0) is 13.0. The maximum Gasteiger partial charge on any atom is 0.250 e. The molecule has 2 rings (SSSR count). The molecule has 0 aliphatic carbocycles. The predicted molar refractivity (Wildman–Crippen MR) is 72.2 cm³/mol. The number of ether oxygens (including phenoxy) is 1. The van der Waals surface area contributed by atoms with E-state index < -0.39 is 0 Å². The molecule has 0 unspecified atom stereocenters. The molecular weight excluding hydrogens is 226 g/mol. The lowest BCUT2D eigenvalue weighted by Crippen LogP contribution is -2.17. The Labute approximate surface area is 107 Å². The molecule has 0 radical (unpaired) electrons. The van der Waals surface area contributed by atoms with E-state index in [2.05, 4.69) is 0 Å². The monoisotopic (exact) mass is 243 g/mol. The highest BCUT2D eigenvalue weighted by molar-refractivity contribution is 5.30. The Bertz CT molecular complexity index is 570. The van der Waals surface area contributed by atoms with Crippen molar-refractivity contribution < 1.29 is 4.74 Å². The molecule has 0 saturated heterocycles. The number of pyridine rings is 1. The number of nitrogens with zero attached hydrogens (tertiary/aromatic N) is 1. The van der Waals surface area contributed by atoms with Crippen molar-refractivity contribution in [2.75, 3.05) is 7.11 Å². The number of methoxy groups -OCH3 is 1. The fourth-order valence-corrected chi connectivity index (χ4v) is 1.91. The van der Waals surface area contributed by atoms with Crippen LogP contribution in [0.2, 0.25) is 0 Å². The van der Waals surface area contributed by atoms with Crippen LogP contribution >= 0.6 is 0 Å². The zero-order valence-corrected chi connectivity index (χ0v) is 10.7. The van der Waals surface area contributed by atoms with Crippen LogP contribution in [0.15, 0.2) is 47.4 Å². The van der Waals surface area contributed by atoms with E-state index in [1.165, 1.54) is 5.56 Å². The summed E-state index contributed by atoms with van der Waals surface area (Å²) >= 11 is 0. The van der Waals surface area contributed by atoms with Gasteiger partial charge in [-0.05, 0) is 36.6 Å². The third-order valence-electron chi connectivity index (χ3n) is 2.95. The fraction of sp³-hybridized carbons (Fsp3) is 0.267. The number of rotatable bonds is 4. The SMILES string of the molecule is CCn1cc(Cc2ccc(OC)cc2)ccc1=O. The summed E-state index contributed by atoms with van der Waals surface area (Å²) in [5, 5.41) is 0. The van der Waals surface area contributed by atoms with Crippen LogP contribution in [0.5, 0.6) is 5.75 Å². The summed E-state index contributed by atoms with van der Waals surface area (Å²) in [6.45, 7) is 2.67. The average Bonchev–Trinajstić information content (AvgIpc) is 2.42. The van der Waals surface area contributed by atoms with E-state index in [4.69, 9.17) is 4.74 Å². The molecule has 0 atom stereocenters. The van der Waals surface area contributed by atoms with Crippen molar-refractivity contribution in [1.29, 1.82) is 0 Å². The summed E-state index contributed by atoms with van der Waals surface area (Å²) in [7, 11) is 1.66. The lowest BCUT2D eigenvalue weighted by Gasteiger charge is -2.06. The van der Waals surface area contributed by atoms with Crippen molar-refractivity contribution in [3.8, 4) is 5.75 Å². The highest BCUT2D eigenvalue weighted by Crippen LogP contribution is 2.14. The van der Waals surface area contributed by atoms with Crippen LogP contribution in [0.25, 0.3) is 0 Å². The van der Waals surface area contributed by atoms with E-state index in [-0.39, 0.29) is 5.56 Å². The lowest BCUT2D eigenvalue weighted by molar-refractivity contribution is 0.414. The minimum absolute atomic E-state index is 0.0518. The van der Waals surface area contributed by atoms with Gasteiger partial charge in [0.05, 0.1) is 7.11 Å². The first-order chi connectivity index (χ1) is 8.72. The fourth-order valence-electron chi connectivity index (χ4n) is 1.91. The second kappa shape index (κ2) is 5.54. The molecule has 1 heterocycles. The van der Waals surface area contributed by atoms with E-state index in [1.807, 2.05) is 43.5 Å². The molecule has 0 spiro atoms. The predicted octanol–water partition coefficient (Wildman–Crippen LogP) is 2.47. The molecule has 0 saturated carbocycles. The normalized spacial score (nSPS) is 10.3. The van der Waals surface area contributed by atoms with Gasteiger partial charge in [-0.1, -0.05) is 18.2 Å². The Morgan fingerprint density at radius 1 is 1.06 bits per heavy atom. The quantitative estimate of drug-likeness (QED) is 0.826. The number of hydrogen-bond acceptors (Lipinski definition) is 2. The van der Waals surface area contributed by atoms with Crippen molar-refractivity contribution >= 4 is 0 Å². The Morgan fingerprint density at radius 2 is 1.72 bits per heavy atom. The second-order valence-electron chi connectivity index (χ2n) is 4.19. The van der Waals surface area contributed by atoms with Crippen LogP contribution in [-0.4, -0.2) is 11.7 Å². The molecule has 1 aromatic heterocycles. The van der Waals surface area contributed by atoms with Crippen molar-refractivity contribution in [1.82, 2.24) is 4.57 Å². The van der Waals surface area contributed by atoms with Gasteiger partial charge in [-0.2, -0.15) is 0 Å². The molecule has 0 bridgehead atoms. The van der Waals surface area contributed by atoms with Gasteiger partial charge >= 0.3 is 0 Å². The Kier molecular flexibility index (Phi) is 3.82. The van der Waals surface area contributed by atoms with Gasteiger partial charge in [0.2, 0.25) is 0 Å². The Morgan fingerprint density at radius 3 is 2.33 bits per heavy atom. The first-order valence-corrected chi connectivity index (χ1v) is 6.05. The maximum absolute atomic E-state index is 11.5. The van der Waals surface area contributed by atoms with Crippen LogP contribution < -0.4 is 10.3 Å². The largest absolute Gasteiger partial charge is 0.497 e. The zero-order valence-electron chi connectivity index (χ0n) is 10.7. The smallest absolute Gasteiger partial charge is 0.250 e. The second-order valence-corrected chi connectivity index (χ2v) is 4.19. The van der Waals surface area contributed by atoms with Gasteiger partial charge in [0, 0.05) is 18.8 Å². The van der Waals surface area contributed by atoms with Crippen molar-refractivity contribution in [3.63, 3.8) is 0 Å². The lowest BCUT2D eigenvalue weighted by atomic mass is 10.1. The number of benzene rings is 1. The third-order valence-corrected chi connectivity index (χ3v) is 2.95. The van der Waals surface area contributed by atoms with Gasteiger partial charge in [-0.25, -0.2) is 0 Å². The Hall–Kier alpha value is -2.03. The number of hydrogen-bond donors (Lipinski definition) is 0. The van der Waals surface area contributed by atoms with Crippen molar-refractivity contribution in [3.05, 3.63) is 64.1 Å². The maximum atomic E-state index is 11.5. The summed E-state index contributed by atoms with van der Waals surface area (Å²) in [6, 6.07) is 11.5. The first kappa shape index (κ1) is 12.4. The minimum atomic E-state index is 0.0518. The molecule has 0 aliphatic heterocycles. The van der Waals surface area contributed by atoms with Crippen molar-refractivity contribution in [2.24, 2.45) is 0 Å². The summed E-state index contributed by atoms with van der Waals surface area (Å²) in [5.41, 5.74) is 2.40. The van der Waals surface area contributed by atoms with Crippen LogP contribution in [0.1, 0.15) is 18.1 Å². The topological polar surface area (TPSA) is 31.2 Å². The molecule has 2 aromatic rings. The van der Waals surface area contributed by atoms with Gasteiger partial charge in [0.25, 0.3) is 5.56 Å². The molecule has 0 N–H and O–H groups in total. The molecule has 0 amide bonds. The average molecular weight is 243 g/mol. The number of aryl methyl sites for hydroxylation is 1. The highest BCUT2D eigenvalue weighted by atomic mass is 16.5. The van der Waals surface area contributed by atoms with Gasteiger partial charge in [-0.15, -0.1) is 0 Å². The molecule has 94 valence electrons. The number of aromatic nitrogens is 1. The van der Waals surface area contributed by atoms with E-state index in [0.29, 0.717) is 6.54 Å². The van der Waals surface area contributed by atoms with Crippen LogP contribution in [-0.2, 0) is 13.0 Å². The van der Waals surface area contributed by atoms with Crippen LogP contribution in [0, 0.1) is 0 Å². The summed E-state index contributed by atoms with van der Waals surface area (Å²) in [6.07, 6.45) is 2.75.